The van der Waals surface area contributed by atoms with Crippen LogP contribution in [-0.2, 0) is 6.54 Å². The number of hydrogen-bond donors (Lipinski definition) is 1. The van der Waals surface area contributed by atoms with Crippen molar-refractivity contribution in [3.05, 3.63) is 45.1 Å². The average Bonchev–Trinajstić information content (AvgIpc) is 2.90. The van der Waals surface area contributed by atoms with Crippen LogP contribution in [0, 0.1) is 0 Å². The normalized spacial score (nSPS) is 17.4. The zero-order valence-electron chi connectivity index (χ0n) is 11.2. The van der Waals surface area contributed by atoms with Gasteiger partial charge in [-0.1, -0.05) is 11.6 Å². The summed E-state index contributed by atoms with van der Waals surface area (Å²) in [5.74, 6) is 1.80. The van der Waals surface area contributed by atoms with E-state index in [0.29, 0.717) is 0 Å². The summed E-state index contributed by atoms with van der Waals surface area (Å²) in [5.41, 5.74) is 1.17. The summed E-state index contributed by atoms with van der Waals surface area (Å²) in [6, 6.07) is 10.2. The minimum Gasteiger partial charge on any atom is -0.497 e. The molecule has 2 heterocycles. The van der Waals surface area contributed by atoms with Gasteiger partial charge in [-0.25, -0.2) is 0 Å². The van der Waals surface area contributed by atoms with E-state index in [2.05, 4.69) is 11.4 Å². The second-order valence-corrected chi connectivity index (χ2v) is 6.48. The molecule has 1 aliphatic heterocycles. The van der Waals surface area contributed by atoms with Crippen molar-refractivity contribution in [3.63, 3.8) is 0 Å². The number of methoxy groups -OCH3 is 1. The highest BCUT2D eigenvalue weighted by Gasteiger charge is 2.21. The van der Waals surface area contributed by atoms with Crippen LogP contribution in [0.2, 0.25) is 4.34 Å². The van der Waals surface area contributed by atoms with Crippen molar-refractivity contribution in [1.82, 2.24) is 5.32 Å². The van der Waals surface area contributed by atoms with E-state index in [1.807, 2.05) is 24.3 Å². The Balaban J connectivity index is 1.75. The monoisotopic (exact) mass is 309 g/mol. The van der Waals surface area contributed by atoms with Crippen LogP contribution in [0.4, 0.5) is 0 Å². The molecule has 1 aliphatic rings. The van der Waals surface area contributed by atoms with Gasteiger partial charge in [0, 0.05) is 29.4 Å². The number of fused-ring (bicyclic) bond motifs is 1. The van der Waals surface area contributed by atoms with Gasteiger partial charge >= 0.3 is 0 Å². The molecule has 106 valence electrons. The summed E-state index contributed by atoms with van der Waals surface area (Å²) in [5, 5.41) is 3.57. The van der Waals surface area contributed by atoms with Gasteiger partial charge in [-0.2, -0.15) is 0 Å². The predicted octanol–water partition coefficient (Wildman–Crippen LogP) is 4.02. The Bertz CT molecular complexity index is 599. The van der Waals surface area contributed by atoms with Crippen molar-refractivity contribution in [1.29, 1.82) is 0 Å². The maximum atomic E-state index is 5.96. The lowest BCUT2D eigenvalue weighted by Crippen LogP contribution is -2.26. The minimum absolute atomic E-state index is 0.287. The third-order valence-corrected chi connectivity index (χ3v) is 4.64. The predicted molar refractivity (Wildman–Crippen MR) is 82.0 cm³/mol. The zero-order chi connectivity index (χ0) is 13.9. The quantitative estimate of drug-likeness (QED) is 0.925. The van der Waals surface area contributed by atoms with E-state index in [1.165, 1.54) is 10.4 Å². The zero-order valence-corrected chi connectivity index (χ0v) is 12.8. The molecule has 0 saturated carbocycles. The summed E-state index contributed by atoms with van der Waals surface area (Å²) in [6.07, 6.45) is 0.958. The van der Waals surface area contributed by atoms with Gasteiger partial charge in [-0.15, -0.1) is 11.3 Å². The van der Waals surface area contributed by atoms with Gasteiger partial charge in [0.1, 0.15) is 11.5 Å². The second-order valence-electron chi connectivity index (χ2n) is 4.68. The van der Waals surface area contributed by atoms with E-state index in [-0.39, 0.29) is 6.04 Å². The van der Waals surface area contributed by atoms with Crippen molar-refractivity contribution < 1.29 is 9.47 Å². The Kier molecular flexibility index (Phi) is 4.15. The standard InChI is InChI=1S/C15H16ClNO2S/c1-18-10-2-4-14-12(8-10)13(6-7-19-14)17-9-11-3-5-15(16)20-11/h2-5,8,13,17H,6-7,9H2,1H3. The molecule has 3 rings (SSSR count). The van der Waals surface area contributed by atoms with Crippen LogP contribution < -0.4 is 14.8 Å². The van der Waals surface area contributed by atoms with Gasteiger partial charge in [0.15, 0.2) is 0 Å². The van der Waals surface area contributed by atoms with Crippen molar-refractivity contribution in [2.45, 2.75) is 19.0 Å². The second kappa shape index (κ2) is 6.04. The molecule has 0 amide bonds. The summed E-state index contributed by atoms with van der Waals surface area (Å²) in [7, 11) is 1.68. The molecule has 1 aromatic carbocycles. The fourth-order valence-electron chi connectivity index (χ4n) is 2.38. The summed E-state index contributed by atoms with van der Waals surface area (Å²) in [4.78, 5) is 1.24. The largest absolute Gasteiger partial charge is 0.497 e. The summed E-state index contributed by atoms with van der Waals surface area (Å²) in [6.45, 7) is 1.56. The van der Waals surface area contributed by atoms with E-state index in [9.17, 15) is 0 Å². The van der Waals surface area contributed by atoms with E-state index in [0.717, 1.165) is 35.4 Å². The lowest BCUT2D eigenvalue weighted by atomic mass is 10.00. The summed E-state index contributed by atoms with van der Waals surface area (Å²) >= 11 is 7.57. The Morgan fingerprint density at radius 3 is 3.05 bits per heavy atom. The molecule has 0 bridgehead atoms. The van der Waals surface area contributed by atoms with Crippen LogP contribution in [-0.4, -0.2) is 13.7 Å². The lowest BCUT2D eigenvalue weighted by Gasteiger charge is -2.27. The molecule has 0 aliphatic carbocycles. The maximum absolute atomic E-state index is 5.96. The number of thiophene rings is 1. The Labute approximate surface area is 127 Å². The van der Waals surface area contributed by atoms with Crippen molar-refractivity contribution >= 4 is 22.9 Å². The van der Waals surface area contributed by atoms with Crippen LogP contribution in [0.25, 0.3) is 0 Å². The molecule has 1 N–H and O–H groups in total. The maximum Gasteiger partial charge on any atom is 0.124 e. The number of ether oxygens (including phenoxy) is 2. The van der Waals surface area contributed by atoms with Gasteiger partial charge in [0.05, 0.1) is 18.1 Å². The van der Waals surface area contributed by atoms with E-state index in [4.69, 9.17) is 21.1 Å². The third kappa shape index (κ3) is 2.92. The van der Waals surface area contributed by atoms with Crippen LogP contribution in [0.5, 0.6) is 11.5 Å². The van der Waals surface area contributed by atoms with Crippen LogP contribution >= 0.6 is 22.9 Å². The first-order valence-corrected chi connectivity index (χ1v) is 7.74. The van der Waals surface area contributed by atoms with Crippen molar-refractivity contribution in [2.24, 2.45) is 0 Å². The molecule has 5 heteroatoms. The Hall–Kier alpha value is -1.23. The number of halogens is 1. The topological polar surface area (TPSA) is 30.5 Å². The average molecular weight is 310 g/mol. The molecule has 20 heavy (non-hydrogen) atoms. The Morgan fingerprint density at radius 2 is 2.30 bits per heavy atom. The fraction of sp³-hybridized carbons (Fsp3) is 0.333. The molecule has 1 aromatic heterocycles. The van der Waals surface area contributed by atoms with Gasteiger partial charge in [0.2, 0.25) is 0 Å². The van der Waals surface area contributed by atoms with Crippen LogP contribution in [0.3, 0.4) is 0 Å². The molecule has 0 radical (unpaired) electrons. The number of rotatable bonds is 4. The molecule has 0 spiro atoms. The molecular formula is C15H16ClNO2S. The molecule has 1 atom stereocenters. The smallest absolute Gasteiger partial charge is 0.124 e. The molecule has 0 saturated heterocycles. The lowest BCUT2D eigenvalue weighted by molar-refractivity contribution is 0.251. The highest BCUT2D eigenvalue weighted by Crippen LogP contribution is 2.35. The van der Waals surface area contributed by atoms with Gasteiger partial charge in [0.25, 0.3) is 0 Å². The highest BCUT2D eigenvalue weighted by atomic mass is 35.5. The summed E-state index contributed by atoms with van der Waals surface area (Å²) < 4.78 is 11.8. The van der Waals surface area contributed by atoms with E-state index in [1.54, 1.807) is 18.4 Å². The van der Waals surface area contributed by atoms with Crippen LogP contribution in [0.1, 0.15) is 22.9 Å². The van der Waals surface area contributed by atoms with Gasteiger partial charge in [-0.3, -0.25) is 0 Å². The van der Waals surface area contributed by atoms with Crippen LogP contribution in [0.15, 0.2) is 30.3 Å². The Morgan fingerprint density at radius 1 is 1.40 bits per heavy atom. The SMILES string of the molecule is COc1ccc2c(c1)C(NCc1ccc(Cl)s1)CCO2. The number of benzene rings is 1. The minimum atomic E-state index is 0.287. The first kappa shape index (κ1) is 13.7. The van der Waals surface area contributed by atoms with Crippen molar-refractivity contribution in [2.75, 3.05) is 13.7 Å². The molecule has 1 unspecified atom stereocenters. The van der Waals surface area contributed by atoms with Gasteiger partial charge < -0.3 is 14.8 Å². The molecule has 2 aromatic rings. The first-order chi connectivity index (χ1) is 9.76. The van der Waals surface area contributed by atoms with E-state index >= 15 is 0 Å². The van der Waals surface area contributed by atoms with E-state index < -0.39 is 0 Å². The molecule has 3 nitrogen and oxygen atoms in total. The highest BCUT2D eigenvalue weighted by molar-refractivity contribution is 7.16. The third-order valence-electron chi connectivity index (χ3n) is 3.41. The van der Waals surface area contributed by atoms with Gasteiger partial charge in [-0.05, 0) is 30.3 Å². The first-order valence-electron chi connectivity index (χ1n) is 6.54. The number of nitrogens with one attached hydrogen (secondary N) is 1. The van der Waals surface area contributed by atoms with Crippen molar-refractivity contribution in [3.8, 4) is 11.5 Å². The fourth-order valence-corrected chi connectivity index (χ4v) is 3.42. The molecular weight excluding hydrogens is 294 g/mol. The molecule has 0 fully saturated rings. The number of hydrogen-bond acceptors (Lipinski definition) is 4.